The Labute approximate surface area is 140 Å². The monoisotopic (exact) mass is 407 g/mol. The van der Waals surface area contributed by atoms with Crippen LogP contribution in [0.5, 0.6) is 0 Å². The van der Waals surface area contributed by atoms with Crippen molar-refractivity contribution in [1.82, 2.24) is 4.72 Å². The minimum absolute atomic E-state index is 0.0683. The van der Waals surface area contributed by atoms with E-state index in [4.69, 9.17) is 0 Å². The van der Waals surface area contributed by atoms with Crippen molar-refractivity contribution in [2.75, 3.05) is 0 Å². The number of sulfonamides is 1. The molecule has 0 heterocycles. The van der Waals surface area contributed by atoms with Gasteiger partial charge in [0.15, 0.2) is 0 Å². The van der Waals surface area contributed by atoms with Gasteiger partial charge < -0.3 is 0 Å². The molecule has 0 aromatic heterocycles. The van der Waals surface area contributed by atoms with Crippen LogP contribution in [-0.2, 0) is 16.2 Å². The quantitative estimate of drug-likeness (QED) is 0.810. The summed E-state index contributed by atoms with van der Waals surface area (Å²) in [6.45, 7) is 1.57. The van der Waals surface area contributed by atoms with Crippen molar-refractivity contribution in [2.45, 2.75) is 24.0 Å². The maximum atomic E-state index is 12.5. The molecule has 1 atom stereocenters. The van der Waals surface area contributed by atoms with E-state index in [1.807, 2.05) is 0 Å². The summed E-state index contributed by atoms with van der Waals surface area (Å²) in [5.74, 6) is 0. The SMILES string of the molecule is C[C@@H](NS(=O)(=O)c1ccccc1Br)c1ccc(C(F)(F)F)cc1. The molecule has 8 heteroatoms. The highest BCUT2D eigenvalue weighted by Crippen LogP contribution is 2.30. The first-order valence-corrected chi connectivity index (χ1v) is 8.83. The predicted octanol–water partition coefficient (Wildman–Crippen LogP) is 4.51. The highest BCUT2D eigenvalue weighted by atomic mass is 79.9. The lowest BCUT2D eigenvalue weighted by Gasteiger charge is -2.16. The second-order valence-corrected chi connectivity index (χ2v) is 7.43. The molecule has 0 fully saturated rings. The van der Waals surface area contributed by atoms with Crippen LogP contribution >= 0.6 is 15.9 Å². The van der Waals surface area contributed by atoms with E-state index in [0.29, 0.717) is 10.0 Å². The third kappa shape index (κ3) is 4.33. The van der Waals surface area contributed by atoms with E-state index in [-0.39, 0.29) is 4.90 Å². The van der Waals surface area contributed by atoms with Gasteiger partial charge in [0.25, 0.3) is 0 Å². The van der Waals surface area contributed by atoms with Gasteiger partial charge in [-0.25, -0.2) is 13.1 Å². The zero-order valence-electron chi connectivity index (χ0n) is 11.9. The van der Waals surface area contributed by atoms with Gasteiger partial charge in [0.05, 0.1) is 10.5 Å². The zero-order valence-corrected chi connectivity index (χ0v) is 14.3. The predicted molar refractivity (Wildman–Crippen MR) is 84.3 cm³/mol. The van der Waals surface area contributed by atoms with Gasteiger partial charge in [-0.1, -0.05) is 24.3 Å². The van der Waals surface area contributed by atoms with Crippen molar-refractivity contribution in [1.29, 1.82) is 0 Å². The maximum Gasteiger partial charge on any atom is 0.416 e. The van der Waals surface area contributed by atoms with Gasteiger partial charge in [0, 0.05) is 10.5 Å². The van der Waals surface area contributed by atoms with Crippen LogP contribution in [0.2, 0.25) is 0 Å². The molecule has 1 N–H and O–H groups in total. The van der Waals surface area contributed by atoms with E-state index < -0.39 is 27.8 Å². The lowest BCUT2D eigenvalue weighted by molar-refractivity contribution is -0.137. The molecule has 23 heavy (non-hydrogen) atoms. The van der Waals surface area contributed by atoms with Crippen molar-refractivity contribution >= 4 is 26.0 Å². The van der Waals surface area contributed by atoms with Crippen LogP contribution in [0, 0.1) is 0 Å². The molecule has 0 aliphatic heterocycles. The minimum atomic E-state index is -4.42. The normalized spacial score (nSPS) is 13.8. The Kier molecular flexibility index (Phi) is 5.17. The Balaban J connectivity index is 2.22. The van der Waals surface area contributed by atoms with E-state index in [1.54, 1.807) is 25.1 Å². The number of alkyl halides is 3. The summed E-state index contributed by atoms with van der Waals surface area (Å²) >= 11 is 3.17. The standard InChI is InChI=1S/C15H13BrF3NO2S/c1-10(11-6-8-12(9-7-11)15(17,18)19)20-23(21,22)14-5-3-2-4-13(14)16/h2-10,20H,1H3/t10-/m1/s1. The van der Waals surface area contributed by atoms with Crippen molar-refractivity contribution in [3.05, 3.63) is 64.1 Å². The lowest BCUT2D eigenvalue weighted by Crippen LogP contribution is -2.27. The van der Waals surface area contributed by atoms with E-state index in [0.717, 1.165) is 12.1 Å². The zero-order chi connectivity index (χ0) is 17.3. The number of rotatable bonds is 4. The fourth-order valence-electron chi connectivity index (χ4n) is 1.99. The van der Waals surface area contributed by atoms with Crippen LogP contribution in [0.3, 0.4) is 0 Å². The molecular formula is C15H13BrF3NO2S. The van der Waals surface area contributed by atoms with Crippen LogP contribution in [0.25, 0.3) is 0 Å². The van der Waals surface area contributed by atoms with Crippen molar-refractivity contribution < 1.29 is 21.6 Å². The average Bonchev–Trinajstić information content (AvgIpc) is 2.46. The number of hydrogen-bond donors (Lipinski definition) is 1. The Morgan fingerprint density at radius 2 is 1.61 bits per heavy atom. The van der Waals surface area contributed by atoms with E-state index in [9.17, 15) is 21.6 Å². The van der Waals surface area contributed by atoms with Gasteiger partial charge >= 0.3 is 6.18 Å². The van der Waals surface area contributed by atoms with E-state index in [2.05, 4.69) is 20.7 Å². The second kappa shape index (κ2) is 6.62. The lowest BCUT2D eigenvalue weighted by atomic mass is 10.1. The largest absolute Gasteiger partial charge is 0.416 e. The molecule has 2 rings (SSSR count). The molecule has 0 unspecified atom stereocenters. The molecule has 3 nitrogen and oxygen atoms in total. The summed E-state index contributed by atoms with van der Waals surface area (Å²) in [4.78, 5) is 0.0683. The van der Waals surface area contributed by atoms with Gasteiger partial charge in [-0.2, -0.15) is 13.2 Å². The van der Waals surface area contributed by atoms with Crippen molar-refractivity contribution in [2.24, 2.45) is 0 Å². The number of halogens is 4. The van der Waals surface area contributed by atoms with Gasteiger partial charge in [-0.05, 0) is 52.7 Å². The fraction of sp³-hybridized carbons (Fsp3) is 0.200. The highest BCUT2D eigenvalue weighted by Gasteiger charge is 2.30. The Morgan fingerprint density at radius 1 is 1.04 bits per heavy atom. The molecule has 0 amide bonds. The summed E-state index contributed by atoms with van der Waals surface area (Å²) in [5.41, 5.74) is -0.337. The number of nitrogens with one attached hydrogen (secondary N) is 1. The Hall–Kier alpha value is -1.38. The number of benzene rings is 2. The van der Waals surface area contributed by atoms with Crippen molar-refractivity contribution in [3.63, 3.8) is 0 Å². The first-order chi connectivity index (χ1) is 10.6. The van der Waals surface area contributed by atoms with Crippen LogP contribution in [-0.4, -0.2) is 8.42 Å². The molecule has 2 aromatic carbocycles. The van der Waals surface area contributed by atoms with Gasteiger partial charge in [0.1, 0.15) is 0 Å². The molecule has 0 spiro atoms. The second-order valence-electron chi connectivity index (χ2n) is 4.89. The van der Waals surface area contributed by atoms with Crippen LogP contribution in [0.15, 0.2) is 57.9 Å². The Morgan fingerprint density at radius 3 is 2.13 bits per heavy atom. The molecule has 0 aliphatic rings. The smallest absolute Gasteiger partial charge is 0.207 e. The molecule has 2 aromatic rings. The van der Waals surface area contributed by atoms with Crippen LogP contribution in [0.4, 0.5) is 13.2 Å². The topological polar surface area (TPSA) is 46.2 Å². The summed E-state index contributed by atoms with van der Waals surface area (Å²) in [6.07, 6.45) is -4.42. The minimum Gasteiger partial charge on any atom is -0.207 e. The molecular weight excluding hydrogens is 395 g/mol. The van der Waals surface area contributed by atoms with Crippen LogP contribution in [0.1, 0.15) is 24.1 Å². The summed E-state index contributed by atoms with van der Waals surface area (Å²) in [6, 6.07) is 10.0. The average molecular weight is 408 g/mol. The first-order valence-electron chi connectivity index (χ1n) is 6.55. The molecule has 0 aliphatic carbocycles. The summed E-state index contributed by atoms with van der Waals surface area (Å²) in [5, 5.41) is 0. The van der Waals surface area contributed by atoms with Crippen molar-refractivity contribution in [3.8, 4) is 0 Å². The molecule has 0 bridgehead atoms. The Bertz CT molecular complexity index is 789. The summed E-state index contributed by atoms with van der Waals surface area (Å²) < 4.78 is 65.2. The van der Waals surface area contributed by atoms with Gasteiger partial charge in [0.2, 0.25) is 10.0 Å². The molecule has 0 radical (unpaired) electrons. The fourth-order valence-corrected chi connectivity index (χ4v) is 4.22. The van der Waals surface area contributed by atoms with E-state index in [1.165, 1.54) is 18.2 Å². The molecule has 124 valence electrons. The molecule has 0 saturated heterocycles. The summed E-state index contributed by atoms with van der Waals surface area (Å²) in [7, 11) is -3.80. The van der Waals surface area contributed by atoms with Crippen LogP contribution < -0.4 is 4.72 Å². The highest BCUT2D eigenvalue weighted by molar-refractivity contribution is 9.10. The first kappa shape index (κ1) is 18.0. The molecule has 0 saturated carbocycles. The van der Waals surface area contributed by atoms with Gasteiger partial charge in [-0.15, -0.1) is 0 Å². The third-order valence-corrected chi connectivity index (χ3v) is 5.75. The van der Waals surface area contributed by atoms with Gasteiger partial charge in [-0.3, -0.25) is 0 Å². The van der Waals surface area contributed by atoms with E-state index >= 15 is 0 Å². The number of hydrogen-bond acceptors (Lipinski definition) is 2. The maximum absolute atomic E-state index is 12.5. The third-order valence-electron chi connectivity index (χ3n) is 3.20.